The van der Waals surface area contributed by atoms with Crippen molar-refractivity contribution in [2.75, 3.05) is 0 Å². The SMILES string of the molecule is Clc1c(-c2ccc(Oc3ccccc3)cc2)ccn2c(C3=CC=C3)nnc12. The number of fused-ring (bicyclic) bond motifs is 1. The van der Waals surface area contributed by atoms with Crippen molar-refractivity contribution in [2.24, 2.45) is 0 Å². The summed E-state index contributed by atoms with van der Waals surface area (Å²) in [5, 5.41) is 9.11. The number of ether oxygens (including phenoxy) is 1. The standard InChI is InChI=1S/C22H14ClN3O/c23-20-19(13-14-26-21(16-5-4-6-16)24-25-22(20)26)15-9-11-18(12-10-15)27-17-7-2-1-3-8-17/h1-14H. The summed E-state index contributed by atoms with van der Waals surface area (Å²) in [6.45, 7) is 0. The molecule has 4 aromatic rings. The lowest BCUT2D eigenvalue weighted by Gasteiger charge is -2.10. The van der Waals surface area contributed by atoms with E-state index in [-0.39, 0.29) is 0 Å². The number of allylic oxidation sites excluding steroid dienone is 4. The summed E-state index contributed by atoms with van der Waals surface area (Å²) in [6.07, 6.45) is 7.94. The summed E-state index contributed by atoms with van der Waals surface area (Å²) in [5.41, 5.74) is 3.60. The van der Waals surface area contributed by atoms with Gasteiger partial charge >= 0.3 is 0 Å². The number of hydrogen-bond acceptors (Lipinski definition) is 3. The number of hydrogen-bond donors (Lipinski definition) is 0. The van der Waals surface area contributed by atoms with Crippen LogP contribution in [0.15, 0.2) is 85.1 Å². The number of pyridine rings is 1. The highest BCUT2D eigenvalue weighted by Gasteiger charge is 2.16. The average Bonchev–Trinajstić information content (AvgIpc) is 3.07. The Morgan fingerprint density at radius 1 is 0.852 bits per heavy atom. The number of benzene rings is 2. The minimum atomic E-state index is 0.580. The molecule has 0 atom stereocenters. The van der Waals surface area contributed by atoms with E-state index in [1.165, 1.54) is 0 Å². The van der Waals surface area contributed by atoms with Gasteiger partial charge in [-0.05, 0) is 35.9 Å². The largest absolute Gasteiger partial charge is 0.457 e. The van der Waals surface area contributed by atoms with E-state index in [0.29, 0.717) is 10.7 Å². The van der Waals surface area contributed by atoms with Gasteiger partial charge in [0.05, 0.1) is 5.02 Å². The lowest BCUT2D eigenvalue weighted by Crippen LogP contribution is -1.96. The maximum absolute atomic E-state index is 6.63. The molecule has 0 unspecified atom stereocenters. The van der Waals surface area contributed by atoms with Crippen LogP contribution in [-0.4, -0.2) is 14.6 Å². The minimum Gasteiger partial charge on any atom is -0.457 e. The number of nitrogens with zero attached hydrogens (tertiary/aromatic N) is 3. The van der Waals surface area contributed by atoms with Crippen molar-refractivity contribution in [3.8, 4) is 22.6 Å². The van der Waals surface area contributed by atoms with Gasteiger partial charge in [-0.1, -0.05) is 60.2 Å². The van der Waals surface area contributed by atoms with Gasteiger partial charge in [0.2, 0.25) is 0 Å². The Labute approximate surface area is 161 Å². The second-order valence-electron chi connectivity index (χ2n) is 6.18. The minimum absolute atomic E-state index is 0.580. The summed E-state index contributed by atoms with van der Waals surface area (Å²) >= 11 is 6.63. The Morgan fingerprint density at radius 3 is 2.30 bits per heavy atom. The van der Waals surface area contributed by atoms with Crippen LogP contribution < -0.4 is 4.74 Å². The van der Waals surface area contributed by atoms with Crippen molar-refractivity contribution in [2.45, 2.75) is 0 Å². The van der Waals surface area contributed by atoms with E-state index in [1.807, 2.05) is 89.5 Å². The molecule has 0 fully saturated rings. The molecule has 0 amide bonds. The smallest absolute Gasteiger partial charge is 0.180 e. The summed E-state index contributed by atoms with van der Waals surface area (Å²) < 4.78 is 7.76. The Hall–Kier alpha value is -3.37. The van der Waals surface area contributed by atoms with Crippen molar-refractivity contribution in [3.63, 3.8) is 0 Å². The van der Waals surface area contributed by atoms with Crippen LogP contribution in [0.2, 0.25) is 5.02 Å². The van der Waals surface area contributed by atoms with E-state index in [0.717, 1.165) is 34.0 Å². The van der Waals surface area contributed by atoms with Gasteiger partial charge in [-0.25, -0.2) is 0 Å². The monoisotopic (exact) mass is 371 g/mol. The van der Waals surface area contributed by atoms with Crippen LogP contribution in [0.4, 0.5) is 0 Å². The zero-order chi connectivity index (χ0) is 18.2. The van der Waals surface area contributed by atoms with Crippen LogP contribution in [0.3, 0.4) is 0 Å². The van der Waals surface area contributed by atoms with Gasteiger partial charge < -0.3 is 4.74 Å². The normalized spacial score (nSPS) is 12.7. The van der Waals surface area contributed by atoms with Crippen LogP contribution in [0, 0.1) is 0 Å². The second-order valence-corrected chi connectivity index (χ2v) is 6.56. The van der Waals surface area contributed by atoms with Crippen molar-refractivity contribution in [1.82, 2.24) is 14.6 Å². The fraction of sp³-hybridized carbons (Fsp3) is 0. The summed E-state index contributed by atoms with van der Waals surface area (Å²) in [7, 11) is 0. The predicted octanol–water partition coefficient (Wildman–Crippen LogP) is 5.80. The van der Waals surface area contributed by atoms with E-state index in [4.69, 9.17) is 16.3 Å². The molecule has 0 spiro atoms. The van der Waals surface area contributed by atoms with Crippen LogP contribution in [0.1, 0.15) is 5.82 Å². The van der Waals surface area contributed by atoms with E-state index in [2.05, 4.69) is 10.2 Å². The van der Waals surface area contributed by atoms with Crippen molar-refractivity contribution < 1.29 is 4.74 Å². The van der Waals surface area contributed by atoms with Crippen LogP contribution in [-0.2, 0) is 0 Å². The molecule has 0 saturated carbocycles. The highest BCUT2D eigenvalue weighted by molar-refractivity contribution is 6.36. The molecule has 27 heavy (non-hydrogen) atoms. The molecule has 4 nitrogen and oxygen atoms in total. The molecule has 5 rings (SSSR count). The molecule has 0 aliphatic heterocycles. The summed E-state index contributed by atoms with van der Waals surface area (Å²) in [4.78, 5) is 0. The molecule has 5 heteroatoms. The molecule has 0 N–H and O–H groups in total. The number of rotatable bonds is 4. The van der Waals surface area contributed by atoms with Gasteiger partial charge in [0.1, 0.15) is 11.5 Å². The van der Waals surface area contributed by atoms with Crippen molar-refractivity contribution in [3.05, 3.63) is 95.9 Å². The molecule has 1 aliphatic carbocycles. The third-order valence-electron chi connectivity index (χ3n) is 4.47. The lowest BCUT2D eigenvalue weighted by atomic mass is 10.1. The molecule has 0 radical (unpaired) electrons. The molecule has 0 bridgehead atoms. The second kappa shape index (κ2) is 6.41. The molecule has 2 aromatic carbocycles. The van der Waals surface area contributed by atoms with E-state index in [9.17, 15) is 0 Å². The molecular weight excluding hydrogens is 358 g/mol. The highest BCUT2D eigenvalue weighted by atomic mass is 35.5. The summed E-state index contributed by atoms with van der Waals surface area (Å²) in [5.74, 6) is 2.38. The first-order chi connectivity index (χ1) is 13.3. The Kier molecular flexibility index (Phi) is 3.77. The quantitative estimate of drug-likeness (QED) is 0.455. The zero-order valence-electron chi connectivity index (χ0n) is 14.2. The fourth-order valence-electron chi connectivity index (χ4n) is 3.01. The third kappa shape index (κ3) is 2.80. The van der Waals surface area contributed by atoms with E-state index >= 15 is 0 Å². The molecule has 1 aliphatic rings. The molecule has 0 saturated heterocycles. The van der Waals surface area contributed by atoms with E-state index < -0.39 is 0 Å². The summed E-state index contributed by atoms with van der Waals surface area (Å²) in [6, 6.07) is 19.5. The molecule has 2 heterocycles. The molecule has 130 valence electrons. The van der Waals surface area contributed by atoms with Crippen LogP contribution in [0.25, 0.3) is 22.3 Å². The maximum Gasteiger partial charge on any atom is 0.180 e. The number of para-hydroxylation sites is 1. The first-order valence-electron chi connectivity index (χ1n) is 8.55. The molecule has 2 aromatic heterocycles. The Morgan fingerprint density at radius 2 is 1.59 bits per heavy atom. The van der Waals surface area contributed by atoms with E-state index in [1.54, 1.807) is 0 Å². The van der Waals surface area contributed by atoms with Gasteiger partial charge in [0.25, 0.3) is 0 Å². The van der Waals surface area contributed by atoms with Gasteiger partial charge in [-0.3, -0.25) is 4.40 Å². The average molecular weight is 372 g/mol. The third-order valence-corrected chi connectivity index (χ3v) is 4.85. The topological polar surface area (TPSA) is 39.4 Å². The highest BCUT2D eigenvalue weighted by Crippen LogP contribution is 2.33. The van der Waals surface area contributed by atoms with Crippen molar-refractivity contribution >= 4 is 22.8 Å². The first kappa shape index (κ1) is 15.9. The van der Waals surface area contributed by atoms with Crippen LogP contribution in [0.5, 0.6) is 11.5 Å². The van der Waals surface area contributed by atoms with Crippen LogP contribution >= 0.6 is 11.6 Å². The Bertz CT molecular complexity index is 1190. The van der Waals surface area contributed by atoms with Crippen molar-refractivity contribution in [1.29, 1.82) is 0 Å². The zero-order valence-corrected chi connectivity index (χ0v) is 15.0. The number of halogens is 1. The molecular formula is C22H14ClN3O. The lowest BCUT2D eigenvalue weighted by molar-refractivity contribution is 0.483. The van der Waals surface area contributed by atoms with Gasteiger partial charge in [-0.15, -0.1) is 10.2 Å². The van der Waals surface area contributed by atoms with Gasteiger partial charge in [0, 0.05) is 17.3 Å². The maximum atomic E-state index is 6.63. The number of aromatic nitrogens is 3. The fourth-order valence-corrected chi connectivity index (χ4v) is 3.31. The first-order valence-corrected chi connectivity index (χ1v) is 8.93. The van der Waals surface area contributed by atoms with Gasteiger partial charge in [-0.2, -0.15) is 0 Å². The van der Waals surface area contributed by atoms with Gasteiger partial charge in [0.15, 0.2) is 11.5 Å². The predicted molar refractivity (Wildman–Crippen MR) is 107 cm³/mol. The Balaban J connectivity index is 1.47.